The highest BCUT2D eigenvalue weighted by molar-refractivity contribution is 5.07. The van der Waals surface area contributed by atoms with Gasteiger partial charge in [0, 0.05) is 18.6 Å². The summed E-state index contributed by atoms with van der Waals surface area (Å²) in [4.78, 5) is 8.33. The second-order valence-electron chi connectivity index (χ2n) is 3.28. The molecule has 0 amide bonds. The number of rotatable bonds is 5. The fraction of sp³-hybridized carbons (Fsp3) is 0.455. The van der Waals surface area contributed by atoms with Gasteiger partial charge in [0.1, 0.15) is 0 Å². The van der Waals surface area contributed by atoms with Gasteiger partial charge in [0.25, 0.3) is 0 Å². The minimum absolute atomic E-state index is 0.233. The molecule has 0 aliphatic heterocycles. The Bertz CT molecular complexity index is 282. The Labute approximate surface area is 85.3 Å². The molecule has 1 aromatic rings. The van der Waals surface area contributed by atoms with Crippen molar-refractivity contribution in [3.63, 3.8) is 0 Å². The zero-order valence-corrected chi connectivity index (χ0v) is 8.83. The van der Waals surface area contributed by atoms with E-state index in [9.17, 15) is 0 Å². The van der Waals surface area contributed by atoms with Gasteiger partial charge in [0.05, 0.1) is 11.7 Å². The fourth-order valence-corrected chi connectivity index (χ4v) is 1.28. The minimum atomic E-state index is 0.233. The lowest BCUT2D eigenvalue weighted by molar-refractivity contribution is 0.565. The molecule has 0 aliphatic carbocycles. The Hall–Kier alpha value is -1.22. The SMILES string of the molecule is C=C(CC)CC(NC)c1cnccn1. The minimum Gasteiger partial charge on any atom is -0.311 e. The third-order valence-corrected chi connectivity index (χ3v) is 2.28. The molecule has 0 aliphatic rings. The number of nitrogens with zero attached hydrogens (tertiary/aromatic N) is 2. The molecule has 0 saturated heterocycles. The molecule has 0 bridgehead atoms. The molecular formula is C11H17N3. The topological polar surface area (TPSA) is 37.8 Å². The van der Waals surface area contributed by atoms with Crippen molar-refractivity contribution < 1.29 is 0 Å². The number of hydrogen-bond acceptors (Lipinski definition) is 3. The number of nitrogens with one attached hydrogen (secondary N) is 1. The van der Waals surface area contributed by atoms with E-state index in [1.54, 1.807) is 18.6 Å². The van der Waals surface area contributed by atoms with Gasteiger partial charge in [-0.15, -0.1) is 0 Å². The average molecular weight is 191 g/mol. The van der Waals surface area contributed by atoms with Gasteiger partial charge in [0.2, 0.25) is 0 Å². The summed E-state index contributed by atoms with van der Waals surface area (Å²) in [5.41, 5.74) is 2.21. The van der Waals surface area contributed by atoms with Crippen molar-refractivity contribution in [2.24, 2.45) is 0 Å². The quantitative estimate of drug-likeness (QED) is 0.724. The predicted octanol–water partition coefficient (Wildman–Crippen LogP) is 2.09. The van der Waals surface area contributed by atoms with Crippen molar-refractivity contribution in [3.8, 4) is 0 Å². The van der Waals surface area contributed by atoms with E-state index in [-0.39, 0.29) is 6.04 Å². The van der Waals surface area contributed by atoms with Crippen molar-refractivity contribution >= 4 is 0 Å². The highest BCUT2D eigenvalue weighted by Gasteiger charge is 2.10. The molecule has 0 spiro atoms. The lowest BCUT2D eigenvalue weighted by Gasteiger charge is -2.15. The van der Waals surface area contributed by atoms with E-state index in [1.807, 2.05) is 7.05 Å². The molecule has 1 unspecified atom stereocenters. The highest BCUT2D eigenvalue weighted by Crippen LogP contribution is 2.18. The van der Waals surface area contributed by atoms with E-state index >= 15 is 0 Å². The first-order chi connectivity index (χ1) is 6.77. The fourth-order valence-electron chi connectivity index (χ4n) is 1.28. The lowest BCUT2D eigenvalue weighted by atomic mass is 10.0. The van der Waals surface area contributed by atoms with E-state index in [0.29, 0.717) is 0 Å². The summed E-state index contributed by atoms with van der Waals surface area (Å²) in [7, 11) is 1.93. The van der Waals surface area contributed by atoms with Gasteiger partial charge in [0.15, 0.2) is 0 Å². The average Bonchev–Trinajstić information content (AvgIpc) is 2.26. The molecule has 14 heavy (non-hydrogen) atoms. The normalized spacial score (nSPS) is 12.4. The van der Waals surface area contributed by atoms with Crippen molar-refractivity contribution in [1.82, 2.24) is 15.3 Å². The molecule has 3 heteroatoms. The largest absolute Gasteiger partial charge is 0.311 e. The molecular weight excluding hydrogens is 174 g/mol. The van der Waals surface area contributed by atoms with Crippen LogP contribution in [0.1, 0.15) is 31.5 Å². The molecule has 1 N–H and O–H groups in total. The maximum Gasteiger partial charge on any atom is 0.0759 e. The van der Waals surface area contributed by atoms with Crippen LogP contribution in [0.15, 0.2) is 30.7 Å². The molecule has 1 rings (SSSR count). The van der Waals surface area contributed by atoms with E-state index in [2.05, 4.69) is 28.8 Å². The third kappa shape index (κ3) is 2.92. The molecule has 0 aromatic carbocycles. The number of aromatic nitrogens is 2. The second-order valence-corrected chi connectivity index (χ2v) is 3.28. The van der Waals surface area contributed by atoms with Crippen LogP contribution in [0.5, 0.6) is 0 Å². The van der Waals surface area contributed by atoms with Gasteiger partial charge in [-0.3, -0.25) is 9.97 Å². The molecule has 1 aromatic heterocycles. The Kier molecular flexibility index (Phi) is 4.26. The summed E-state index contributed by atoms with van der Waals surface area (Å²) in [6.07, 6.45) is 7.13. The smallest absolute Gasteiger partial charge is 0.0759 e. The first-order valence-corrected chi connectivity index (χ1v) is 4.87. The van der Waals surface area contributed by atoms with Gasteiger partial charge in [-0.05, 0) is 19.9 Å². The Morgan fingerprint density at radius 3 is 2.86 bits per heavy atom. The Balaban J connectivity index is 2.68. The number of hydrogen-bond donors (Lipinski definition) is 1. The summed E-state index contributed by atoms with van der Waals surface area (Å²) >= 11 is 0. The molecule has 3 nitrogen and oxygen atoms in total. The first-order valence-electron chi connectivity index (χ1n) is 4.87. The van der Waals surface area contributed by atoms with Gasteiger partial charge in [-0.25, -0.2) is 0 Å². The van der Waals surface area contributed by atoms with Crippen LogP contribution in [0, 0.1) is 0 Å². The van der Waals surface area contributed by atoms with Crippen LogP contribution in [0.2, 0.25) is 0 Å². The summed E-state index contributed by atoms with van der Waals surface area (Å²) in [5, 5.41) is 3.22. The lowest BCUT2D eigenvalue weighted by Crippen LogP contribution is -2.18. The maximum absolute atomic E-state index is 4.27. The van der Waals surface area contributed by atoms with Gasteiger partial charge >= 0.3 is 0 Å². The van der Waals surface area contributed by atoms with Crippen molar-refractivity contribution in [2.75, 3.05) is 7.05 Å². The molecule has 0 radical (unpaired) electrons. The van der Waals surface area contributed by atoms with Crippen molar-refractivity contribution in [1.29, 1.82) is 0 Å². The third-order valence-electron chi connectivity index (χ3n) is 2.28. The monoisotopic (exact) mass is 191 g/mol. The van der Waals surface area contributed by atoms with Crippen LogP contribution in [0.4, 0.5) is 0 Å². The van der Waals surface area contributed by atoms with Gasteiger partial charge in [-0.2, -0.15) is 0 Å². The van der Waals surface area contributed by atoms with E-state index in [1.165, 1.54) is 5.57 Å². The van der Waals surface area contributed by atoms with Crippen LogP contribution >= 0.6 is 0 Å². The second kappa shape index (κ2) is 5.50. The standard InChI is InChI=1S/C11H17N3/c1-4-9(2)7-10(12-3)11-8-13-5-6-14-11/h5-6,8,10,12H,2,4,7H2,1,3H3. The Morgan fingerprint density at radius 1 is 1.57 bits per heavy atom. The van der Waals surface area contributed by atoms with Gasteiger partial charge in [-0.1, -0.05) is 19.1 Å². The summed E-state index contributed by atoms with van der Waals surface area (Å²) < 4.78 is 0. The Morgan fingerprint density at radius 2 is 2.36 bits per heavy atom. The first kappa shape index (κ1) is 10.9. The molecule has 1 atom stereocenters. The summed E-state index contributed by atoms with van der Waals surface area (Å²) in [6, 6.07) is 0.233. The van der Waals surface area contributed by atoms with Crippen LogP contribution in [0.25, 0.3) is 0 Å². The van der Waals surface area contributed by atoms with Crippen molar-refractivity contribution in [2.45, 2.75) is 25.8 Å². The predicted molar refractivity (Wildman–Crippen MR) is 57.9 cm³/mol. The van der Waals surface area contributed by atoms with Crippen LogP contribution in [-0.4, -0.2) is 17.0 Å². The molecule has 0 saturated carbocycles. The van der Waals surface area contributed by atoms with Crippen LogP contribution in [0.3, 0.4) is 0 Å². The van der Waals surface area contributed by atoms with Crippen LogP contribution < -0.4 is 5.32 Å². The van der Waals surface area contributed by atoms with Crippen LogP contribution in [-0.2, 0) is 0 Å². The van der Waals surface area contributed by atoms with E-state index in [4.69, 9.17) is 0 Å². The highest BCUT2D eigenvalue weighted by atomic mass is 14.9. The van der Waals surface area contributed by atoms with E-state index < -0.39 is 0 Å². The zero-order valence-electron chi connectivity index (χ0n) is 8.83. The molecule has 76 valence electrons. The zero-order chi connectivity index (χ0) is 10.4. The van der Waals surface area contributed by atoms with E-state index in [0.717, 1.165) is 18.5 Å². The maximum atomic E-state index is 4.27. The summed E-state index contributed by atoms with van der Waals surface area (Å²) in [6.45, 7) is 6.12. The molecule has 0 fully saturated rings. The van der Waals surface area contributed by atoms with Gasteiger partial charge < -0.3 is 5.32 Å². The molecule has 1 heterocycles. The van der Waals surface area contributed by atoms with Crippen molar-refractivity contribution in [3.05, 3.63) is 36.4 Å². The summed E-state index contributed by atoms with van der Waals surface area (Å²) in [5.74, 6) is 0.